The molecule has 0 saturated carbocycles. The van der Waals surface area contributed by atoms with E-state index in [1.54, 1.807) is 0 Å². The van der Waals surface area contributed by atoms with E-state index in [1.807, 2.05) is 0 Å². The van der Waals surface area contributed by atoms with Gasteiger partial charge in [-0.15, -0.1) is 0 Å². The third kappa shape index (κ3) is 9.69. The predicted octanol–water partition coefficient (Wildman–Crippen LogP) is -3.23. The van der Waals surface area contributed by atoms with Crippen molar-refractivity contribution in [1.82, 2.24) is 5.32 Å². The van der Waals surface area contributed by atoms with E-state index >= 15 is 0 Å². The number of thiol groups is 1. The van der Waals surface area contributed by atoms with Gasteiger partial charge >= 0.3 is 5.97 Å². The monoisotopic (exact) mass is 313 g/mol. The number of aliphatic carboxylic acids is 1. The second kappa shape index (κ2) is 11.6. The van der Waals surface area contributed by atoms with Gasteiger partial charge in [0, 0.05) is 12.7 Å². The van der Waals surface area contributed by atoms with Gasteiger partial charge in [0.2, 0.25) is 5.91 Å². The van der Waals surface area contributed by atoms with Gasteiger partial charge in [-0.1, -0.05) is 0 Å². The molecule has 0 aromatic heterocycles. The minimum Gasteiger partial charge on any atom is -0.480 e. The molecule has 10 heteroatoms. The zero-order valence-corrected chi connectivity index (χ0v) is 11.6. The van der Waals surface area contributed by atoms with E-state index in [2.05, 4.69) is 17.9 Å². The van der Waals surface area contributed by atoms with Crippen molar-refractivity contribution in [3.63, 3.8) is 0 Å². The van der Waals surface area contributed by atoms with E-state index < -0.39 is 36.9 Å². The molecular weight excluding hydrogens is 294 g/mol. The van der Waals surface area contributed by atoms with Crippen LogP contribution in [0.15, 0.2) is 0 Å². The van der Waals surface area contributed by atoms with E-state index in [4.69, 9.17) is 25.5 Å². The molecule has 0 aliphatic rings. The van der Waals surface area contributed by atoms with Crippen LogP contribution < -0.4 is 5.32 Å². The Balaban J connectivity index is 0. The maximum atomic E-state index is 10.3. The summed E-state index contributed by atoms with van der Waals surface area (Å²) in [6.45, 7) is 0.575. The topological polar surface area (TPSA) is 164 Å². The maximum Gasteiger partial charge on any atom is 0.327 e. The summed E-state index contributed by atoms with van der Waals surface area (Å²) in [7, 11) is 0. The Morgan fingerprint density at radius 1 is 1.30 bits per heavy atom. The third-order valence-electron chi connectivity index (χ3n) is 1.93. The number of carboxylic acids is 1. The van der Waals surface area contributed by atoms with E-state index in [9.17, 15) is 14.4 Å². The summed E-state index contributed by atoms with van der Waals surface area (Å²) in [4.78, 5) is 30.3. The number of aliphatic hydroxyl groups excluding tert-OH is 4. The summed E-state index contributed by atoms with van der Waals surface area (Å²) in [6.07, 6.45) is -4.63. The van der Waals surface area contributed by atoms with Crippen molar-refractivity contribution in [1.29, 1.82) is 0 Å². The van der Waals surface area contributed by atoms with Gasteiger partial charge in [0.1, 0.15) is 24.4 Å². The number of carbonyl (C=O) groups excluding carboxylic acids is 2. The van der Waals surface area contributed by atoms with Gasteiger partial charge in [0.25, 0.3) is 0 Å². The molecule has 0 rings (SSSR count). The molecule has 6 N–H and O–H groups in total. The SMILES string of the molecule is CC(=O)N[C@@H](CS)C(=O)O.O=C[C@H](O)[C@H](O)[C@H](O)CO. The molecule has 0 fully saturated rings. The Hall–Kier alpha value is -1.20. The number of rotatable bonds is 7. The average molecular weight is 313 g/mol. The van der Waals surface area contributed by atoms with Crippen molar-refractivity contribution in [3.8, 4) is 0 Å². The lowest BCUT2D eigenvalue weighted by Crippen LogP contribution is -2.40. The van der Waals surface area contributed by atoms with Gasteiger partial charge < -0.3 is 35.6 Å². The van der Waals surface area contributed by atoms with Crippen molar-refractivity contribution < 1.29 is 39.9 Å². The van der Waals surface area contributed by atoms with Crippen LogP contribution in [0.2, 0.25) is 0 Å². The number of aldehydes is 1. The summed E-state index contributed by atoms with van der Waals surface area (Å²) in [6, 6.07) is -0.874. The highest BCUT2D eigenvalue weighted by atomic mass is 32.1. The first-order valence-corrected chi connectivity index (χ1v) is 6.05. The van der Waals surface area contributed by atoms with Crippen molar-refractivity contribution >= 4 is 30.8 Å². The molecule has 4 atom stereocenters. The predicted molar refractivity (Wildman–Crippen MR) is 70.3 cm³/mol. The largest absolute Gasteiger partial charge is 0.480 e. The molecule has 0 spiro atoms. The van der Waals surface area contributed by atoms with Crippen LogP contribution in [0.4, 0.5) is 0 Å². The second-order valence-corrected chi connectivity index (χ2v) is 4.01. The number of aliphatic hydroxyl groups is 4. The molecule has 0 aliphatic carbocycles. The average Bonchev–Trinajstić information content (AvgIpc) is 2.42. The number of hydrogen-bond acceptors (Lipinski definition) is 8. The van der Waals surface area contributed by atoms with E-state index in [-0.39, 0.29) is 17.9 Å². The van der Waals surface area contributed by atoms with Crippen LogP contribution in [-0.4, -0.2) is 80.4 Å². The van der Waals surface area contributed by atoms with Crippen molar-refractivity contribution in [2.24, 2.45) is 0 Å². The highest BCUT2D eigenvalue weighted by molar-refractivity contribution is 7.80. The molecule has 9 nitrogen and oxygen atoms in total. The Labute approximate surface area is 120 Å². The molecule has 0 aromatic rings. The number of hydrogen-bond donors (Lipinski definition) is 7. The Morgan fingerprint density at radius 3 is 2.00 bits per heavy atom. The summed E-state index contributed by atoms with van der Waals surface area (Å²) in [5, 5.41) is 44.6. The van der Waals surface area contributed by atoms with Crippen molar-refractivity contribution in [2.45, 2.75) is 31.3 Å². The minimum absolute atomic E-state index is 0.0869. The zero-order valence-electron chi connectivity index (χ0n) is 10.7. The minimum atomic E-state index is -1.64. The standard InChI is InChI=1S/C5H9NO3S.C5H10O5/c1-3(7)6-4(2-10)5(8)9;6-1-3(8)5(10)4(9)2-7/h4,10H,2H2,1H3,(H,6,7)(H,8,9);1,3-5,7-10H,2H2/t4-;3-,4+,5-/m00/s1. The molecule has 0 radical (unpaired) electrons. The van der Waals surface area contributed by atoms with Crippen LogP contribution in [0.3, 0.4) is 0 Å². The zero-order chi connectivity index (χ0) is 16.3. The fourth-order valence-electron chi connectivity index (χ4n) is 0.847. The molecule has 118 valence electrons. The summed E-state index contributed by atoms with van der Waals surface area (Å²) in [5.41, 5.74) is 0. The van der Waals surface area contributed by atoms with Crippen molar-refractivity contribution in [2.75, 3.05) is 12.4 Å². The molecular formula is C10H19NO8S. The van der Waals surface area contributed by atoms with Crippen LogP contribution in [0.5, 0.6) is 0 Å². The molecule has 0 heterocycles. The van der Waals surface area contributed by atoms with Gasteiger partial charge in [0.05, 0.1) is 6.61 Å². The number of nitrogens with one attached hydrogen (secondary N) is 1. The molecule has 0 bridgehead atoms. The Bertz CT molecular complexity index is 314. The smallest absolute Gasteiger partial charge is 0.327 e. The van der Waals surface area contributed by atoms with Gasteiger partial charge in [-0.05, 0) is 0 Å². The van der Waals surface area contributed by atoms with E-state index in [0.29, 0.717) is 0 Å². The van der Waals surface area contributed by atoms with E-state index in [1.165, 1.54) is 6.92 Å². The molecule has 1 amide bonds. The first-order valence-electron chi connectivity index (χ1n) is 5.42. The second-order valence-electron chi connectivity index (χ2n) is 3.64. The third-order valence-corrected chi connectivity index (χ3v) is 2.29. The summed E-state index contributed by atoms with van der Waals surface area (Å²) < 4.78 is 0. The molecule has 0 unspecified atom stereocenters. The van der Waals surface area contributed by atoms with Crippen LogP contribution in [0.1, 0.15) is 6.92 Å². The fraction of sp³-hybridized carbons (Fsp3) is 0.700. The van der Waals surface area contributed by atoms with Crippen LogP contribution in [0.25, 0.3) is 0 Å². The maximum absolute atomic E-state index is 10.3. The van der Waals surface area contributed by atoms with E-state index in [0.717, 1.165) is 0 Å². The van der Waals surface area contributed by atoms with Crippen LogP contribution in [-0.2, 0) is 14.4 Å². The number of carboxylic acid groups (broad SMARTS) is 1. The highest BCUT2D eigenvalue weighted by Crippen LogP contribution is 1.96. The van der Waals surface area contributed by atoms with Gasteiger partial charge in [0.15, 0.2) is 6.29 Å². The normalized spacial score (nSPS) is 15.9. The molecule has 0 aliphatic heterocycles. The number of amides is 1. The molecule has 20 heavy (non-hydrogen) atoms. The Morgan fingerprint density at radius 2 is 1.80 bits per heavy atom. The molecule has 0 saturated heterocycles. The summed E-state index contributed by atoms with van der Waals surface area (Å²) in [5.74, 6) is -1.32. The van der Waals surface area contributed by atoms with Crippen molar-refractivity contribution in [3.05, 3.63) is 0 Å². The first-order chi connectivity index (χ1) is 9.20. The molecule has 0 aromatic carbocycles. The lowest BCUT2D eigenvalue weighted by atomic mass is 10.1. The number of carbonyl (C=O) groups is 3. The fourth-order valence-corrected chi connectivity index (χ4v) is 1.09. The Kier molecular flexibility index (Phi) is 12.3. The summed E-state index contributed by atoms with van der Waals surface area (Å²) >= 11 is 3.73. The van der Waals surface area contributed by atoms with Gasteiger partial charge in [-0.2, -0.15) is 12.6 Å². The van der Waals surface area contributed by atoms with Crippen LogP contribution >= 0.6 is 12.6 Å². The first kappa shape index (κ1) is 21.1. The van der Waals surface area contributed by atoms with Gasteiger partial charge in [-0.25, -0.2) is 4.79 Å². The lowest BCUT2D eigenvalue weighted by molar-refractivity contribution is -0.140. The highest BCUT2D eigenvalue weighted by Gasteiger charge is 2.22. The van der Waals surface area contributed by atoms with Gasteiger partial charge in [-0.3, -0.25) is 4.79 Å². The quantitative estimate of drug-likeness (QED) is 0.190. The lowest BCUT2D eigenvalue weighted by Gasteiger charge is -2.16. The van der Waals surface area contributed by atoms with Crippen LogP contribution in [0, 0.1) is 0 Å².